The maximum Gasteiger partial charge on any atom is 0.0891 e. The lowest BCUT2D eigenvalue weighted by molar-refractivity contribution is -0.105. The molecule has 0 unspecified atom stereocenters. The molecule has 0 spiro atoms. The summed E-state index contributed by atoms with van der Waals surface area (Å²) >= 11 is 3.42. The van der Waals surface area contributed by atoms with Crippen molar-refractivity contribution in [1.29, 1.82) is 0 Å². The van der Waals surface area contributed by atoms with Gasteiger partial charge in [-0.05, 0) is 73.0 Å². The number of hydrogen-bond donors (Lipinski definition) is 0. The van der Waals surface area contributed by atoms with E-state index >= 15 is 0 Å². The Balaban J connectivity index is 2.12. The van der Waals surface area contributed by atoms with Gasteiger partial charge in [-0.3, -0.25) is 4.98 Å². The van der Waals surface area contributed by atoms with Crippen LogP contribution in [0.3, 0.4) is 0 Å². The molecular formula is C17H18BrNO. The van der Waals surface area contributed by atoms with E-state index in [0.717, 1.165) is 15.7 Å². The minimum absolute atomic E-state index is 0.232. The maximum absolute atomic E-state index is 6.19. The van der Waals surface area contributed by atoms with E-state index in [1.54, 1.807) is 0 Å². The largest absolute Gasteiger partial charge is 0.360 e. The van der Waals surface area contributed by atoms with Gasteiger partial charge in [-0.1, -0.05) is 12.1 Å². The van der Waals surface area contributed by atoms with Crippen molar-refractivity contribution in [2.75, 3.05) is 0 Å². The van der Waals surface area contributed by atoms with Crippen LogP contribution in [0.1, 0.15) is 38.8 Å². The van der Waals surface area contributed by atoms with Gasteiger partial charge in [0.25, 0.3) is 0 Å². The Morgan fingerprint density at radius 1 is 0.950 bits per heavy atom. The van der Waals surface area contributed by atoms with Crippen LogP contribution in [-0.4, -0.2) is 4.98 Å². The summed E-state index contributed by atoms with van der Waals surface area (Å²) in [4.78, 5) is 4.47. The third kappa shape index (κ3) is 2.19. The van der Waals surface area contributed by atoms with Crippen LogP contribution >= 0.6 is 15.9 Å². The van der Waals surface area contributed by atoms with E-state index in [1.807, 2.05) is 18.3 Å². The number of halogens is 1. The topological polar surface area (TPSA) is 22.1 Å². The highest BCUT2D eigenvalue weighted by molar-refractivity contribution is 9.10. The Labute approximate surface area is 128 Å². The van der Waals surface area contributed by atoms with Gasteiger partial charge < -0.3 is 4.74 Å². The molecular weight excluding hydrogens is 314 g/mol. The average Bonchev–Trinajstić information content (AvgIpc) is 2.56. The highest BCUT2D eigenvalue weighted by atomic mass is 79.9. The number of ether oxygens (including phenoxy) is 1. The van der Waals surface area contributed by atoms with E-state index in [4.69, 9.17) is 4.74 Å². The second-order valence-corrected chi connectivity index (χ2v) is 7.16. The Morgan fingerprint density at radius 3 is 2.30 bits per heavy atom. The molecule has 20 heavy (non-hydrogen) atoms. The molecule has 1 aliphatic heterocycles. The van der Waals surface area contributed by atoms with Crippen LogP contribution in [0.5, 0.6) is 0 Å². The van der Waals surface area contributed by atoms with Crippen LogP contribution in [0.2, 0.25) is 0 Å². The predicted molar refractivity (Wildman–Crippen MR) is 84.5 cm³/mol. The van der Waals surface area contributed by atoms with Gasteiger partial charge in [0.2, 0.25) is 0 Å². The lowest BCUT2D eigenvalue weighted by atomic mass is 9.88. The van der Waals surface area contributed by atoms with Gasteiger partial charge >= 0.3 is 0 Å². The van der Waals surface area contributed by atoms with Gasteiger partial charge in [-0.2, -0.15) is 0 Å². The van der Waals surface area contributed by atoms with Crippen LogP contribution in [0, 0.1) is 0 Å². The predicted octanol–water partition coefficient (Wildman–Crippen LogP) is 5.01. The van der Waals surface area contributed by atoms with E-state index < -0.39 is 0 Å². The fourth-order valence-electron chi connectivity index (χ4n) is 3.02. The molecule has 0 saturated carbocycles. The molecule has 1 aromatic carbocycles. The van der Waals surface area contributed by atoms with E-state index in [9.17, 15) is 0 Å². The second-order valence-electron chi connectivity index (χ2n) is 6.24. The number of nitrogens with zero attached hydrogens (tertiary/aromatic N) is 1. The summed E-state index contributed by atoms with van der Waals surface area (Å²) in [6.45, 7) is 8.50. The second kappa shape index (κ2) is 4.40. The molecule has 0 fully saturated rings. The minimum Gasteiger partial charge on any atom is -0.360 e. The monoisotopic (exact) mass is 331 g/mol. The lowest BCUT2D eigenvalue weighted by Crippen LogP contribution is -2.22. The summed E-state index contributed by atoms with van der Waals surface area (Å²) in [6, 6.07) is 10.5. The molecule has 1 aliphatic rings. The van der Waals surface area contributed by atoms with Crippen molar-refractivity contribution in [3.63, 3.8) is 0 Å². The van der Waals surface area contributed by atoms with E-state index in [0.29, 0.717) is 0 Å². The zero-order valence-corrected chi connectivity index (χ0v) is 13.8. The fourth-order valence-corrected chi connectivity index (χ4v) is 3.26. The summed E-state index contributed by atoms with van der Waals surface area (Å²) in [5.41, 5.74) is 4.14. The molecule has 0 amide bonds. The molecule has 0 N–H and O–H groups in total. The van der Waals surface area contributed by atoms with Crippen LogP contribution in [0.15, 0.2) is 41.0 Å². The Kier molecular flexibility index (Phi) is 3.03. The molecule has 3 heteroatoms. The first-order chi connectivity index (χ1) is 9.29. The van der Waals surface area contributed by atoms with Crippen molar-refractivity contribution in [1.82, 2.24) is 4.98 Å². The van der Waals surface area contributed by atoms with Gasteiger partial charge in [-0.25, -0.2) is 0 Å². The molecule has 0 aliphatic carbocycles. The van der Waals surface area contributed by atoms with Crippen LogP contribution < -0.4 is 0 Å². The standard InChI is InChI=1S/C17H18BrNO/c1-16(2)13-7-5-11(9-14(13)17(3,4)20-16)15-8-6-12(18)10-19-15/h5-10H,1-4H3. The van der Waals surface area contributed by atoms with Crippen molar-refractivity contribution >= 4 is 15.9 Å². The summed E-state index contributed by atoms with van der Waals surface area (Å²) in [5.74, 6) is 0. The zero-order valence-electron chi connectivity index (χ0n) is 12.2. The van der Waals surface area contributed by atoms with Crippen molar-refractivity contribution in [3.8, 4) is 11.3 Å². The number of aromatic nitrogens is 1. The van der Waals surface area contributed by atoms with E-state index in [1.165, 1.54) is 11.1 Å². The third-order valence-electron chi connectivity index (χ3n) is 3.85. The van der Waals surface area contributed by atoms with Crippen LogP contribution in [0.25, 0.3) is 11.3 Å². The van der Waals surface area contributed by atoms with Crippen molar-refractivity contribution in [2.24, 2.45) is 0 Å². The summed E-state index contributed by atoms with van der Waals surface area (Å²) in [6.07, 6.45) is 1.83. The summed E-state index contributed by atoms with van der Waals surface area (Å²) in [7, 11) is 0. The highest BCUT2D eigenvalue weighted by Crippen LogP contribution is 2.47. The number of fused-ring (bicyclic) bond motifs is 1. The SMILES string of the molecule is CC1(C)OC(C)(C)c2cc(-c3ccc(Br)cn3)ccc21. The van der Waals surface area contributed by atoms with E-state index in [2.05, 4.69) is 66.8 Å². The zero-order chi connectivity index (χ0) is 14.5. The van der Waals surface area contributed by atoms with Gasteiger partial charge in [0.05, 0.1) is 16.9 Å². The van der Waals surface area contributed by atoms with Crippen LogP contribution in [0.4, 0.5) is 0 Å². The molecule has 0 radical (unpaired) electrons. The van der Waals surface area contributed by atoms with Crippen LogP contribution in [-0.2, 0) is 15.9 Å². The molecule has 0 bridgehead atoms. The van der Waals surface area contributed by atoms with Gasteiger partial charge in [0.1, 0.15) is 0 Å². The molecule has 0 atom stereocenters. The number of benzene rings is 1. The third-order valence-corrected chi connectivity index (χ3v) is 4.32. The molecule has 0 saturated heterocycles. The Morgan fingerprint density at radius 2 is 1.65 bits per heavy atom. The van der Waals surface area contributed by atoms with Crippen molar-refractivity contribution in [3.05, 3.63) is 52.1 Å². The molecule has 2 nitrogen and oxygen atoms in total. The highest BCUT2D eigenvalue weighted by Gasteiger charge is 2.42. The first-order valence-corrected chi connectivity index (χ1v) is 7.56. The normalized spacial score (nSPS) is 18.9. The Hall–Kier alpha value is -1.19. The molecule has 2 aromatic rings. The quantitative estimate of drug-likeness (QED) is 0.732. The first kappa shape index (κ1) is 13.8. The molecule has 3 rings (SSSR count). The van der Waals surface area contributed by atoms with Crippen molar-refractivity contribution < 1.29 is 4.74 Å². The lowest BCUT2D eigenvalue weighted by Gasteiger charge is -2.24. The number of pyridine rings is 1. The first-order valence-electron chi connectivity index (χ1n) is 6.77. The smallest absolute Gasteiger partial charge is 0.0891 e. The summed E-state index contributed by atoms with van der Waals surface area (Å²) in [5, 5.41) is 0. The minimum atomic E-state index is -0.260. The summed E-state index contributed by atoms with van der Waals surface area (Å²) < 4.78 is 7.18. The van der Waals surface area contributed by atoms with E-state index in [-0.39, 0.29) is 11.2 Å². The number of hydrogen-bond acceptors (Lipinski definition) is 2. The van der Waals surface area contributed by atoms with Crippen molar-refractivity contribution in [2.45, 2.75) is 38.9 Å². The maximum atomic E-state index is 6.19. The van der Waals surface area contributed by atoms with Gasteiger partial charge in [-0.15, -0.1) is 0 Å². The van der Waals surface area contributed by atoms with Gasteiger partial charge in [0, 0.05) is 16.2 Å². The Bertz CT molecular complexity index is 659. The molecule has 2 heterocycles. The average molecular weight is 332 g/mol. The fraction of sp³-hybridized carbons (Fsp3) is 0.353. The molecule has 104 valence electrons. The molecule has 1 aromatic heterocycles. The number of rotatable bonds is 1. The van der Waals surface area contributed by atoms with Gasteiger partial charge in [0.15, 0.2) is 0 Å².